The summed E-state index contributed by atoms with van der Waals surface area (Å²) in [5.41, 5.74) is 0.964. The number of para-hydroxylation sites is 2. The second-order valence-corrected chi connectivity index (χ2v) is 8.71. The second-order valence-electron chi connectivity index (χ2n) is 7.15. The number of nitrogens with one attached hydrogen (secondary N) is 1. The molecule has 10 heteroatoms. The maximum Gasteiger partial charge on any atom is 0.526 e. The first-order chi connectivity index (χ1) is 15.5. The lowest BCUT2D eigenvalue weighted by molar-refractivity contribution is -0.384. The number of hydrogen-bond acceptors (Lipinski definition) is 7. The molecule has 1 heterocycles. The summed E-state index contributed by atoms with van der Waals surface area (Å²) in [4.78, 5) is 12.6. The molecule has 0 atom stereocenters. The van der Waals surface area contributed by atoms with E-state index in [9.17, 15) is 14.7 Å². The number of rotatable bonds is 8. The quantitative estimate of drug-likeness (QED) is 0.302. The maximum absolute atomic E-state index is 13.6. The van der Waals surface area contributed by atoms with Gasteiger partial charge in [0.25, 0.3) is 5.69 Å². The van der Waals surface area contributed by atoms with Crippen LogP contribution in [0, 0.1) is 10.1 Å². The Labute approximate surface area is 185 Å². The fraction of sp³-hybridized carbons (Fsp3) is 0.182. The van der Waals surface area contributed by atoms with E-state index in [4.69, 9.17) is 9.05 Å². The molecular formula is C22H23N4O5P. The van der Waals surface area contributed by atoms with Crippen LogP contribution in [0.25, 0.3) is 0 Å². The Morgan fingerprint density at radius 2 is 1.28 bits per heavy atom. The smallest absolute Gasteiger partial charge is 0.404 e. The zero-order valence-electron chi connectivity index (χ0n) is 17.2. The number of nitro benzene ring substituents is 1. The predicted molar refractivity (Wildman–Crippen MR) is 122 cm³/mol. The van der Waals surface area contributed by atoms with Crippen molar-refractivity contribution < 1.29 is 18.5 Å². The molecule has 0 saturated carbocycles. The van der Waals surface area contributed by atoms with Crippen LogP contribution in [0.4, 0.5) is 11.4 Å². The van der Waals surface area contributed by atoms with Crippen molar-refractivity contribution in [1.82, 2.24) is 10.2 Å². The zero-order chi connectivity index (χ0) is 22.4. The maximum atomic E-state index is 13.6. The van der Waals surface area contributed by atoms with Crippen LogP contribution < -0.4 is 19.1 Å². The van der Waals surface area contributed by atoms with Crippen molar-refractivity contribution in [3.63, 3.8) is 0 Å². The van der Waals surface area contributed by atoms with E-state index in [0.717, 1.165) is 5.69 Å². The van der Waals surface area contributed by atoms with Gasteiger partial charge in [-0.3, -0.25) is 10.1 Å². The third kappa shape index (κ3) is 5.64. The van der Waals surface area contributed by atoms with Gasteiger partial charge in [0.05, 0.1) is 4.92 Å². The Morgan fingerprint density at radius 1 is 0.781 bits per heavy atom. The van der Waals surface area contributed by atoms with E-state index in [1.807, 2.05) is 17.1 Å². The van der Waals surface area contributed by atoms with Crippen LogP contribution in [0.1, 0.15) is 0 Å². The van der Waals surface area contributed by atoms with E-state index in [1.54, 1.807) is 60.7 Å². The molecule has 1 aliphatic rings. The molecule has 1 aliphatic heterocycles. The SMILES string of the molecule is O=[N+]([O-])c1ccc(N2CCN(NP(=O)(Oc3ccccc3)Oc3ccccc3)CC2)cc1. The van der Waals surface area contributed by atoms with Gasteiger partial charge in [-0.2, -0.15) is 0 Å². The van der Waals surface area contributed by atoms with Gasteiger partial charge in [-0.1, -0.05) is 36.4 Å². The fourth-order valence-corrected chi connectivity index (χ4v) is 4.79. The molecule has 1 N–H and O–H groups in total. The van der Waals surface area contributed by atoms with Crippen molar-refractivity contribution in [2.24, 2.45) is 0 Å². The molecule has 32 heavy (non-hydrogen) atoms. The molecule has 0 amide bonds. The number of hydrazine groups is 1. The number of non-ortho nitro benzene ring substituents is 1. The molecule has 1 fully saturated rings. The zero-order valence-corrected chi connectivity index (χ0v) is 18.1. The Balaban J connectivity index is 1.42. The summed E-state index contributed by atoms with van der Waals surface area (Å²) in [5.74, 6) is 0.868. The molecule has 0 radical (unpaired) electrons. The standard InChI is InChI=1S/C22H23N4O5P/c27-26(28)20-13-11-19(12-14-20)24-15-17-25(18-16-24)23-32(29,30-21-7-3-1-4-8-21)31-22-9-5-2-6-10-22/h1-14H,15-18H2,(H,23,29). The average molecular weight is 454 g/mol. The van der Waals surface area contributed by atoms with E-state index in [1.165, 1.54) is 12.1 Å². The van der Waals surface area contributed by atoms with Crippen molar-refractivity contribution in [3.05, 3.63) is 95.0 Å². The Morgan fingerprint density at radius 3 is 1.75 bits per heavy atom. The summed E-state index contributed by atoms with van der Waals surface area (Å²) < 4.78 is 25.1. The first-order valence-corrected chi connectivity index (χ1v) is 11.7. The van der Waals surface area contributed by atoms with Crippen LogP contribution in [0.3, 0.4) is 0 Å². The molecule has 166 valence electrons. The highest BCUT2D eigenvalue weighted by molar-refractivity contribution is 7.52. The predicted octanol–water partition coefficient (Wildman–Crippen LogP) is 4.49. The van der Waals surface area contributed by atoms with E-state index in [2.05, 4.69) is 10.1 Å². The van der Waals surface area contributed by atoms with Gasteiger partial charge in [-0.15, -0.1) is 5.20 Å². The molecule has 3 aromatic carbocycles. The van der Waals surface area contributed by atoms with Crippen LogP contribution in [0.15, 0.2) is 84.9 Å². The van der Waals surface area contributed by atoms with Crippen molar-refractivity contribution in [2.75, 3.05) is 31.1 Å². The first kappa shape index (κ1) is 21.8. The number of nitrogens with zero attached hydrogens (tertiary/aromatic N) is 3. The van der Waals surface area contributed by atoms with Crippen molar-refractivity contribution >= 4 is 19.1 Å². The van der Waals surface area contributed by atoms with Gasteiger partial charge in [-0.25, -0.2) is 9.57 Å². The molecule has 9 nitrogen and oxygen atoms in total. The van der Waals surface area contributed by atoms with Crippen LogP contribution in [0.2, 0.25) is 0 Å². The molecule has 4 rings (SSSR count). The van der Waals surface area contributed by atoms with Gasteiger partial charge < -0.3 is 13.9 Å². The molecular weight excluding hydrogens is 431 g/mol. The van der Waals surface area contributed by atoms with Crippen LogP contribution in [-0.2, 0) is 4.57 Å². The van der Waals surface area contributed by atoms with E-state index < -0.39 is 12.7 Å². The fourth-order valence-electron chi connectivity index (χ4n) is 3.32. The monoisotopic (exact) mass is 454 g/mol. The Hall–Kier alpha value is -3.39. The van der Waals surface area contributed by atoms with Crippen molar-refractivity contribution in [1.29, 1.82) is 0 Å². The average Bonchev–Trinajstić information content (AvgIpc) is 2.81. The third-order valence-corrected chi connectivity index (χ3v) is 6.34. The summed E-state index contributed by atoms with van der Waals surface area (Å²) in [5, 5.41) is 15.6. The van der Waals surface area contributed by atoms with Crippen molar-refractivity contribution in [3.8, 4) is 11.5 Å². The van der Waals surface area contributed by atoms with Gasteiger partial charge in [0.15, 0.2) is 0 Å². The third-order valence-electron chi connectivity index (χ3n) is 4.91. The lowest BCUT2D eigenvalue weighted by Crippen LogP contribution is -2.51. The normalized spacial score (nSPS) is 14.7. The number of piperazine rings is 1. The minimum absolute atomic E-state index is 0.0612. The molecule has 3 aromatic rings. The Bertz CT molecular complexity index is 1030. The van der Waals surface area contributed by atoms with Crippen LogP contribution in [0.5, 0.6) is 11.5 Å². The molecule has 0 aromatic heterocycles. The van der Waals surface area contributed by atoms with Gasteiger partial charge in [0, 0.05) is 44.0 Å². The van der Waals surface area contributed by atoms with Crippen LogP contribution in [-0.4, -0.2) is 36.1 Å². The summed E-state index contributed by atoms with van der Waals surface area (Å²) in [6.07, 6.45) is 0. The number of nitro groups is 1. The summed E-state index contributed by atoms with van der Waals surface area (Å²) >= 11 is 0. The highest BCUT2D eigenvalue weighted by Crippen LogP contribution is 2.45. The molecule has 0 spiro atoms. The lowest BCUT2D eigenvalue weighted by atomic mass is 10.2. The highest BCUT2D eigenvalue weighted by atomic mass is 31.2. The summed E-state index contributed by atoms with van der Waals surface area (Å²) in [6, 6.07) is 24.2. The van der Waals surface area contributed by atoms with Crippen LogP contribution >= 0.6 is 7.75 Å². The molecule has 0 aliphatic carbocycles. The van der Waals surface area contributed by atoms with E-state index in [-0.39, 0.29) is 5.69 Å². The highest BCUT2D eigenvalue weighted by Gasteiger charge is 2.33. The Kier molecular flexibility index (Phi) is 6.70. The van der Waals surface area contributed by atoms with E-state index >= 15 is 0 Å². The first-order valence-electron chi connectivity index (χ1n) is 10.1. The number of benzene rings is 3. The minimum atomic E-state index is -3.76. The van der Waals surface area contributed by atoms with Gasteiger partial charge in [-0.05, 0) is 36.4 Å². The topological polar surface area (TPSA) is 97.2 Å². The van der Waals surface area contributed by atoms with Gasteiger partial charge in [0.1, 0.15) is 11.5 Å². The van der Waals surface area contributed by atoms with E-state index in [0.29, 0.717) is 37.7 Å². The second kappa shape index (κ2) is 9.82. The molecule has 0 unspecified atom stereocenters. The largest absolute Gasteiger partial charge is 0.526 e. The van der Waals surface area contributed by atoms with Gasteiger partial charge in [0.2, 0.25) is 0 Å². The van der Waals surface area contributed by atoms with Crippen molar-refractivity contribution in [2.45, 2.75) is 0 Å². The summed E-state index contributed by atoms with van der Waals surface area (Å²) in [6.45, 7) is 2.39. The number of anilines is 1. The van der Waals surface area contributed by atoms with Gasteiger partial charge >= 0.3 is 7.75 Å². The molecule has 1 saturated heterocycles. The summed E-state index contributed by atoms with van der Waals surface area (Å²) in [7, 11) is -3.76. The number of hydrogen-bond donors (Lipinski definition) is 1. The lowest BCUT2D eigenvalue weighted by Gasteiger charge is -2.37. The minimum Gasteiger partial charge on any atom is -0.404 e. The molecule has 0 bridgehead atoms.